The normalized spacial score (nSPS) is 11.9. The monoisotopic (exact) mass is 371 g/mol. The summed E-state index contributed by atoms with van der Waals surface area (Å²) >= 11 is 0. The first-order valence-corrected chi connectivity index (χ1v) is 9.10. The number of aromatic amines is 1. The first-order chi connectivity index (χ1) is 13.6. The molecule has 0 aliphatic carbocycles. The minimum atomic E-state index is -0.197. The summed E-state index contributed by atoms with van der Waals surface area (Å²) in [7, 11) is 0. The first kappa shape index (κ1) is 17.7. The van der Waals surface area contributed by atoms with Crippen molar-refractivity contribution in [2.75, 3.05) is 10.6 Å². The van der Waals surface area contributed by atoms with Crippen LogP contribution in [0.1, 0.15) is 29.9 Å². The lowest BCUT2D eigenvalue weighted by molar-refractivity contribution is -0.114. The van der Waals surface area contributed by atoms with Crippen molar-refractivity contribution in [3.63, 3.8) is 0 Å². The molecule has 6 nitrogen and oxygen atoms in total. The average molecular weight is 371 g/mol. The molecule has 3 N–H and O–H groups in total. The van der Waals surface area contributed by atoms with Gasteiger partial charge in [0.1, 0.15) is 5.82 Å². The summed E-state index contributed by atoms with van der Waals surface area (Å²) in [5, 5.41) is 7.40. The Hall–Kier alpha value is -3.67. The number of hydrogen-bond acceptors (Lipinski definition) is 4. The van der Waals surface area contributed by atoms with Crippen LogP contribution in [-0.2, 0) is 4.79 Å². The first-order valence-electron chi connectivity index (χ1n) is 9.10. The van der Waals surface area contributed by atoms with E-state index in [9.17, 15) is 4.79 Å². The molecule has 0 bridgehead atoms. The van der Waals surface area contributed by atoms with Crippen molar-refractivity contribution in [1.29, 1.82) is 0 Å². The van der Waals surface area contributed by atoms with Crippen LogP contribution < -0.4 is 10.6 Å². The minimum Gasteiger partial charge on any atom is -0.358 e. The predicted octanol–water partition coefficient (Wildman–Crippen LogP) is 4.43. The topological polar surface area (TPSA) is 82.7 Å². The Morgan fingerprint density at radius 3 is 2.50 bits per heavy atom. The molecule has 0 saturated carbocycles. The van der Waals surface area contributed by atoms with Crippen LogP contribution in [0.2, 0.25) is 0 Å². The van der Waals surface area contributed by atoms with Crippen LogP contribution >= 0.6 is 0 Å². The number of benzene rings is 1. The second-order valence-electron chi connectivity index (χ2n) is 6.65. The number of rotatable bonds is 5. The van der Waals surface area contributed by atoms with Gasteiger partial charge >= 0.3 is 0 Å². The van der Waals surface area contributed by atoms with E-state index in [1.54, 1.807) is 12.4 Å². The number of anilines is 2. The smallest absolute Gasteiger partial charge is 0.221 e. The molecule has 1 aromatic carbocycles. The molecule has 0 saturated heterocycles. The molecule has 0 aliphatic rings. The second-order valence-corrected chi connectivity index (χ2v) is 6.65. The Labute approximate surface area is 163 Å². The Bertz CT molecular complexity index is 1110. The Balaban J connectivity index is 1.86. The fourth-order valence-electron chi connectivity index (χ4n) is 3.44. The summed E-state index contributed by atoms with van der Waals surface area (Å²) < 4.78 is 0. The number of aryl methyl sites for hydroxylation is 1. The Kier molecular flexibility index (Phi) is 4.76. The Morgan fingerprint density at radius 1 is 1.04 bits per heavy atom. The molecule has 1 atom stereocenters. The van der Waals surface area contributed by atoms with Crippen molar-refractivity contribution in [1.82, 2.24) is 15.0 Å². The van der Waals surface area contributed by atoms with Gasteiger partial charge in [0.25, 0.3) is 0 Å². The lowest BCUT2D eigenvalue weighted by atomic mass is 9.99. The molecular weight excluding hydrogens is 350 g/mol. The van der Waals surface area contributed by atoms with E-state index in [1.165, 1.54) is 6.92 Å². The third-order valence-electron chi connectivity index (χ3n) is 4.59. The van der Waals surface area contributed by atoms with E-state index < -0.39 is 0 Å². The number of amides is 1. The van der Waals surface area contributed by atoms with Gasteiger partial charge in [0.05, 0.1) is 11.7 Å². The molecule has 3 heterocycles. The van der Waals surface area contributed by atoms with Gasteiger partial charge in [0, 0.05) is 47.2 Å². The minimum absolute atomic E-state index is 0.0963. The number of pyridine rings is 2. The molecule has 28 heavy (non-hydrogen) atoms. The molecule has 3 aromatic heterocycles. The van der Waals surface area contributed by atoms with E-state index in [0.717, 1.165) is 39.4 Å². The summed E-state index contributed by atoms with van der Waals surface area (Å²) in [6, 6.07) is 17.3. The standard InChI is InChI=1S/C22H21N5O/c1-14-21(17-13-16(26-15(2)28)9-10-18(17)25-14)22(19-7-3-5-11-23-19)27-20-8-4-6-12-24-20/h3-13,22,25H,1-2H3,(H,24,27)(H,26,28)/t22-/m1/s1. The fraction of sp³-hybridized carbons (Fsp3) is 0.136. The molecule has 140 valence electrons. The van der Waals surface area contributed by atoms with E-state index in [1.807, 2.05) is 61.5 Å². The molecule has 6 heteroatoms. The van der Waals surface area contributed by atoms with Gasteiger partial charge in [-0.2, -0.15) is 0 Å². The second kappa shape index (κ2) is 7.52. The lowest BCUT2D eigenvalue weighted by Crippen LogP contribution is -2.15. The highest BCUT2D eigenvalue weighted by molar-refractivity contribution is 5.94. The number of carbonyl (C=O) groups excluding carboxylic acids is 1. The van der Waals surface area contributed by atoms with Crippen molar-refractivity contribution in [3.05, 3.63) is 83.9 Å². The van der Waals surface area contributed by atoms with Crippen LogP contribution in [0, 0.1) is 6.92 Å². The number of nitrogens with one attached hydrogen (secondary N) is 3. The maximum absolute atomic E-state index is 11.5. The van der Waals surface area contributed by atoms with Crippen molar-refractivity contribution in [2.45, 2.75) is 19.9 Å². The number of aromatic nitrogens is 3. The summed E-state index contributed by atoms with van der Waals surface area (Å²) in [5.74, 6) is 0.672. The van der Waals surface area contributed by atoms with Crippen molar-refractivity contribution in [3.8, 4) is 0 Å². The van der Waals surface area contributed by atoms with Gasteiger partial charge < -0.3 is 15.6 Å². The van der Waals surface area contributed by atoms with Gasteiger partial charge in [0.15, 0.2) is 0 Å². The molecule has 1 amide bonds. The van der Waals surface area contributed by atoms with Crippen molar-refractivity contribution in [2.24, 2.45) is 0 Å². The fourth-order valence-corrected chi connectivity index (χ4v) is 3.44. The van der Waals surface area contributed by atoms with Gasteiger partial charge in [-0.1, -0.05) is 12.1 Å². The molecule has 0 fully saturated rings. The van der Waals surface area contributed by atoms with Crippen LogP contribution in [0.5, 0.6) is 0 Å². The zero-order valence-corrected chi connectivity index (χ0v) is 15.7. The van der Waals surface area contributed by atoms with Crippen molar-refractivity contribution >= 4 is 28.3 Å². The predicted molar refractivity (Wildman–Crippen MR) is 111 cm³/mol. The molecule has 0 spiro atoms. The van der Waals surface area contributed by atoms with Crippen LogP contribution in [-0.4, -0.2) is 20.9 Å². The highest BCUT2D eigenvalue weighted by atomic mass is 16.1. The van der Waals surface area contributed by atoms with Gasteiger partial charge in [0.2, 0.25) is 5.91 Å². The van der Waals surface area contributed by atoms with Gasteiger partial charge in [-0.3, -0.25) is 9.78 Å². The summed E-state index contributed by atoms with van der Waals surface area (Å²) in [6.45, 7) is 3.55. The molecule has 4 rings (SSSR count). The van der Waals surface area contributed by atoms with Crippen LogP contribution in [0.3, 0.4) is 0 Å². The zero-order valence-electron chi connectivity index (χ0n) is 15.7. The lowest BCUT2D eigenvalue weighted by Gasteiger charge is -2.20. The third-order valence-corrected chi connectivity index (χ3v) is 4.59. The van der Waals surface area contributed by atoms with E-state index in [4.69, 9.17) is 0 Å². The average Bonchev–Trinajstić information content (AvgIpc) is 3.02. The third kappa shape index (κ3) is 3.57. The van der Waals surface area contributed by atoms with Crippen molar-refractivity contribution < 1.29 is 4.79 Å². The number of nitrogens with zero attached hydrogens (tertiary/aromatic N) is 2. The quantitative estimate of drug-likeness (QED) is 0.485. The van der Waals surface area contributed by atoms with Gasteiger partial charge in [-0.25, -0.2) is 4.98 Å². The highest BCUT2D eigenvalue weighted by Gasteiger charge is 2.22. The molecule has 0 radical (unpaired) electrons. The van der Waals surface area contributed by atoms with E-state index in [0.29, 0.717) is 0 Å². The van der Waals surface area contributed by atoms with E-state index in [2.05, 4.69) is 25.6 Å². The van der Waals surface area contributed by atoms with Crippen LogP contribution in [0.15, 0.2) is 67.0 Å². The largest absolute Gasteiger partial charge is 0.358 e. The maximum Gasteiger partial charge on any atom is 0.221 e. The number of hydrogen-bond donors (Lipinski definition) is 3. The van der Waals surface area contributed by atoms with Gasteiger partial charge in [-0.15, -0.1) is 0 Å². The van der Waals surface area contributed by atoms with Crippen LogP contribution in [0.25, 0.3) is 10.9 Å². The maximum atomic E-state index is 11.5. The molecule has 4 aromatic rings. The van der Waals surface area contributed by atoms with E-state index in [-0.39, 0.29) is 11.9 Å². The number of carbonyl (C=O) groups is 1. The summed E-state index contributed by atoms with van der Waals surface area (Å²) in [4.78, 5) is 23.9. The number of fused-ring (bicyclic) bond motifs is 1. The molecule has 0 unspecified atom stereocenters. The highest BCUT2D eigenvalue weighted by Crippen LogP contribution is 2.34. The zero-order chi connectivity index (χ0) is 19.5. The SMILES string of the molecule is CC(=O)Nc1ccc2[nH]c(C)c([C@H](Nc3ccccn3)c3ccccn3)c2c1. The summed E-state index contributed by atoms with van der Waals surface area (Å²) in [6.07, 6.45) is 3.55. The van der Waals surface area contributed by atoms with Crippen LogP contribution in [0.4, 0.5) is 11.5 Å². The number of H-pyrrole nitrogens is 1. The molecule has 0 aliphatic heterocycles. The Morgan fingerprint density at radius 2 is 1.82 bits per heavy atom. The van der Waals surface area contributed by atoms with E-state index >= 15 is 0 Å². The van der Waals surface area contributed by atoms with Gasteiger partial charge in [-0.05, 0) is 49.4 Å². The molecular formula is C22H21N5O. The summed E-state index contributed by atoms with van der Waals surface area (Å²) in [5.41, 5.74) is 4.77.